The second kappa shape index (κ2) is 10.6. The summed E-state index contributed by atoms with van der Waals surface area (Å²) in [6.45, 7) is 4.11. The van der Waals surface area contributed by atoms with Crippen molar-refractivity contribution in [3.8, 4) is 0 Å². The highest BCUT2D eigenvalue weighted by atomic mass is 32.2. The van der Waals surface area contributed by atoms with Gasteiger partial charge in [0.05, 0.1) is 6.04 Å². The quantitative estimate of drug-likeness (QED) is 0.617. The molecule has 0 spiro atoms. The van der Waals surface area contributed by atoms with E-state index in [-0.39, 0.29) is 18.9 Å². The normalized spacial score (nSPS) is 15.3. The molecule has 3 rings (SSSR count). The molecule has 1 atom stereocenters. The third kappa shape index (κ3) is 6.04. The van der Waals surface area contributed by atoms with Crippen LogP contribution in [0.2, 0.25) is 0 Å². The second-order valence-corrected chi connectivity index (χ2v) is 9.20. The van der Waals surface area contributed by atoms with Crippen molar-refractivity contribution in [3.63, 3.8) is 0 Å². The van der Waals surface area contributed by atoms with E-state index in [1.807, 2.05) is 30.3 Å². The Bertz CT molecular complexity index is 1040. The Hall–Kier alpha value is -2.98. The minimum atomic E-state index is -4.19. The largest absolute Gasteiger partial charge is 0.368 e. The van der Waals surface area contributed by atoms with Gasteiger partial charge in [0.15, 0.2) is 0 Å². The molecule has 10 heteroatoms. The first kappa shape index (κ1) is 23.7. The van der Waals surface area contributed by atoms with E-state index < -0.39 is 32.7 Å². The predicted octanol–water partition coefficient (Wildman–Crippen LogP) is 1.35. The summed E-state index contributed by atoms with van der Waals surface area (Å²) in [6, 6.07) is 13.8. The molecule has 0 saturated carbocycles. The van der Waals surface area contributed by atoms with Crippen LogP contribution in [0.1, 0.15) is 13.3 Å². The van der Waals surface area contributed by atoms with Crippen molar-refractivity contribution >= 4 is 27.5 Å². The molecular formula is C22H27FN4O4S. The first-order valence-corrected chi connectivity index (χ1v) is 11.9. The lowest BCUT2D eigenvalue weighted by Crippen LogP contribution is -2.50. The lowest BCUT2D eigenvalue weighted by Gasteiger charge is -2.36. The molecule has 32 heavy (non-hydrogen) atoms. The molecule has 0 aliphatic carbocycles. The van der Waals surface area contributed by atoms with Crippen LogP contribution in [0.25, 0.3) is 0 Å². The van der Waals surface area contributed by atoms with Gasteiger partial charge in [-0.2, -0.15) is 4.72 Å². The molecule has 2 amide bonds. The number of anilines is 1. The van der Waals surface area contributed by atoms with Crippen LogP contribution in [-0.4, -0.2) is 63.9 Å². The van der Waals surface area contributed by atoms with Crippen molar-refractivity contribution in [1.29, 1.82) is 0 Å². The predicted molar refractivity (Wildman–Crippen MR) is 119 cm³/mol. The van der Waals surface area contributed by atoms with Gasteiger partial charge in [0, 0.05) is 44.8 Å². The standard InChI is InChI=1S/C22H27FN4O4S/c1-17(25-32(30,31)20-10-6-5-9-19(20)23)22(29)24-12-11-21(28)27-15-13-26(14-16-27)18-7-3-2-4-8-18/h2-10,17,25H,11-16H2,1H3,(H,24,29)/t17-/m0/s1. The molecule has 1 heterocycles. The fourth-order valence-corrected chi connectivity index (χ4v) is 4.75. The highest BCUT2D eigenvalue weighted by Crippen LogP contribution is 2.16. The Balaban J connectivity index is 1.41. The third-order valence-electron chi connectivity index (χ3n) is 5.24. The number of carbonyl (C=O) groups is 2. The molecule has 0 radical (unpaired) electrons. The SMILES string of the molecule is C[C@H](NS(=O)(=O)c1ccccc1F)C(=O)NCCC(=O)N1CCN(c2ccccc2)CC1. The maximum Gasteiger partial charge on any atom is 0.244 e. The number of amides is 2. The Kier molecular flexibility index (Phi) is 7.81. The van der Waals surface area contributed by atoms with Crippen LogP contribution in [0.15, 0.2) is 59.5 Å². The summed E-state index contributed by atoms with van der Waals surface area (Å²) >= 11 is 0. The monoisotopic (exact) mass is 462 g/mol. The summed E-state index contributed by atoms with van der Waals surface area (Å²) < 4.78 is 40.5. The highest BCUT2D eigenvalue weighted by molar-refractivity contribution is 7.89. The Morgan fingerprint density at radius 2 is 1.62 bits per heavy atom. The number of nitrogens with one attached hydrogen (secondary N) is 2. The zero-order chi connectivity index (χ0) is 23.1. The summed E-state index contributed by atoms with van der Waals surface area (Å²) in [4.78, 5) is 28.1. The van der Waals surface area contributed by atoms with E-state index in [4.69, 9.17) is 0 Å². The fourth-order valence-electron chi connectivity index (χ4n) is 3.47. The number of hydrogen-bond donors (Lipinski definition) is 2. The third-order valence-corrected chi connectivity index (χ3v) is 6.82. The highest BCUT2D eigenvalue weighted by Gasteiger charge is 2.25. The van der Waals surface area contributed by atoms with E-state index in [0.717, 1.165) is 30.9 Å². The summed E-state index contributed by atoms with van der Waals surface area (Å²) in [5.74, 6) is -1.56. The number of carbonyl (C=O) groups excluding carboxylic acids is 2. The van der Waals surface area contributed by atoms with E-state index in [1.165, 1.54) is 19.1 Å². The van der Waals surface area contributed by atoms with Gasteiger partial charge >= 0.3 is 0 Å². The van der Waals surface area contributed by atoms with E-state index in [0.29, 0.717) is 13.1 Å². The van der Waals surface area contributed by atoms with Crippen LogP contribution in [0.5, 0.6) is 0 Å². The summed E-state index contributed by atoms with van der Waals surface area (Å²) in [6.07, 6.45) is 0.115. The molecule has 1 saturated heterocycles. The van der Waals surface area contributed by atoms with Gasteiger partial charge in [-0.25, -0.2) is 12.8 Å². The van der Waals surface area contributed by atoms with Gasteiger partial charge in [-0.15, -0.1) is 0 Å². The van der Waals surface area contributed by atoms with Gasteiger partial charge in [-0.1, -0.05) is 30.3 Å². The molecule has 0 unspecified atom stereocenters. The molecular weight excluding hydrogens is 435 g/mol. The first-order valence-electron chi connectivity index (χ1n) is 10.4. The number of sulfonamides is 1. The molecule has 2 aromatic carbocycles. The molecule has 2 N–H and O–H groups in total. The fraction of sp³-hybridized carbons (Fsp3) is 0.364. The zero-order valence-electron chi connectivity index (χ0n) is 17.8. The van der Waals surface area contributed by atoms with Gasteiger partial charge in [-0.3, -0.25) is 9.59 Å². The van der Waals surface area contributed by atoms with E-state index in [1.54, 1.807) is 4.90 Å². The van der Waals surface area contributed by atoms with Crippen molar-refractivity contribution in [2.24, 2.45) is 0 Å². The Labute approximate surface area is 187 Å². The van der Waals surface area contributed by atoms with Gasteiger partial charge in [0.1, 0.15) is 10.7 Å². The Morgan fingerprint density at radius 1 is 1.00 bits per heavy atom. The topological polar surface area (TPSA) is 98.8 Å². The van der Waals surface area contributed by atoms with Gasteiger partial charge < -0.3 is 15.1 Å². The lowest BCUT2D eigenvalue weighted by atomic mass is 10.2. The number of hydrogen-bond acceptors (Lipinski definition) is 5. The van der Waals surface area contributed by atoms with Gasteiger partial charge in [0.25, 0.3) is 0 Å². The molecule has 1 aliphatic rings. The van der Waals surface area contributed by atoms with Crippen LogP contribution in [-0.2, 0) is 19.6 Å². The van der Waals surface area contributed by atoms with Crippen molar-refractivity contribution in [3.05, 3.63) is 60.4 Å². The molecule has 0 bridgehead atoms. The van der Waals surface area contributed by atoms with Gasteiger partial charge in [-0.05, 0) is 31.2 Å². The Morgan fingerprint density at radius 3 is 2.28 bits per heavy atom. The number of rotatable bonds is 8. The molecule has 172 valence electrons. The van der Waals surface area contributed by atoms with E-state index in [9.17, 15) is 22.4 Å². The van der Waals surface area contributed by atoms with Crippen molar-refractivity contribution in [1.82, 2.24) is 14.9 Å². The summed E-state index contributed by atoms with van der Waals surface area (Å²) in [5, 5.41) is 2.56. The molecule has 2 aromatic rings. The average molecular weight is 463 g/mol. The maximum atomic E-state index is 13.8. The first-order chi connectivity index (χ1) is 15.3. The van der Waals surface area contributed by atoms with E-state index >= 15 is 0 Å². The van der Waals surface area contributed by atoms with Crippen LogP contribution in [0.4, 0.5) is 10.1 Å². The number of piperazine rings is 1. The van der Waals surface area contributed by atoms with Crippen LogP contribution < -0.4 is 14.9 Å². The zero-order valence-corrected chi connectivity index (χ0v) is 18.6. The van der Waals surface area contributed by atoms with Crippen LogP contribution in [0, 0.1) is 5.82 Å². The minimum absolute atomic E-state index is 0.0717. The van der Waals surface area contributed by atoms with Crippen LogP contribution in [0.3, 0.4) is 0 Å². The number of halogens is 1. The number of benzene rings is 2. The van der Waals surface area contributed by atoms with E-state index in [2.05, 4.69) is 14.9 Å². The van der Waals surface area contributed by atoms with Gasteiger partial charge in [0.2, 0.25) is 21.8 Å². The molecule has 1 aliphatic heterocycles. The van der Waals surface area contributed by atoms with Crippen molar-refractivity contribution in [2.75, 3.05) is 37.6 Å². The molecule has 1 fully saturated rings. The number of para-hydroxylation sites is 1. The maximum absolute atomic E-state index is 13.8. The second-order valence-electron chi connectivity index (χ2n) is 7.52. The average Bonchev–Trinajstić information content (AvgIpc) is 2.79. The van der Waals surface area contributed by atoms with Crippen LogP contribution >= 0.6 is 0 Å². The minimum Gasteiger partial charge on any atom is -0.368 e. The van der Waals surface area contributed by atoms with Crippen molar-refractivity contribution in [2.45, 2.75) is 24.3 Å². The van der Waals surface area contributed by atoms with Crippen molar-refractivity contribution < 1.29 is 22.4 Å². The molecule has 0 aromatic heterocycles. The summed E-state index contributed by atoms with van der Waals surface area (Å²) in [7, 11) is -4.19. The smallest absolute Gasteiger partial charge is 0.244 e. The molecule has 8 nitrogen and oxygen atoms in total. The lowest BCUT2D eigenvalue weighted by molar-refractivity contribution is -0.131. The summed E-state index contributed by atoms with van der Waals surface area (Å²) in [5.41, 5.74) is 1.12. The number of nitrogens with zero attached hydrogens (tertiary/aromatic N) is 2.